The Hall–Kier alpha value is -2.81. The Labute approximate surface area is 148 Å². The van der Waals surface area contributed by atoms with Gasteiger partial charge in [-0.15, -0.1) is 10.2 Å². The molecule has 0 aliphatic heterocycles. The average molecular weight is 359 g/mol. The van der Waals surface area contributed by atoms with Crippen LogP contribution in [0.3, 0.4) is 0 Å². The minimum atomic E-state index is -0.202. The maximum absolute atomic E-state index is 12.0. The predicted octanol–water partition coefficient (Wildman–Crippen LogP) is 2.52. The van der Waals surface area contributed by atoms with E-state index >= 15 is 0 Å². The molecule has 0 bridgehead atoms. The van der Waals surface area contributed by atoms with Crippen LogP contribution in [0.2, 0.25) is 0 Å². The van der Waals surface area contributed by atoms with Crippen molar-refractivity contribution in [2.75, 3.05) is 18.2 Å². The number of ether oxygens (including phenoxy) is 1. The van der Waals surface area contributed by atoms with Gasteiger partial charge in [-0.3, -0.25) is 10.1 Å². The van der Waals surface area contributed by atoms with Gasteiger partial charge >= 0.3 is 0 Å². The van der Waals surface area contributed by atoms with Crippen LogP contribution in [0.1, 0.15) is 5.69 Å². The van der Waals surface area contributed by atoms with E-state index in [0.717, 1.165) is 11.3 Å². The molecule has 0 atom stereocenters. The maximum Gasteiger partial charge on any atom is 0.237 e. The summed E-state index contributed by atoms with van der Waals surface area (Å²) in [6, 6.07) is 9.23. The van der Waals surface area contributed by atoms with Gasteiger partial charge in [0, 0.05) is 18.7 Å². The highest BCUT2D eigenvalue weighted by molar-refractivity contribution is 7.99. The molecule has 9 heteroatoms. The van der Waals surface area contributed by atoms with Crippen molar-refractivity contribution in [3.05, 3.63) is 36.0 Å². The van der Waals surface area contributed by atoms with Crippen LogP contribution >= 0.6 is 11.8 Å². The summed E-state index contributed by atoms with van der Waals surface area (Å²) in [5.41, 5.74) is 1.60. The molecule has 2 aromatic heterocycles. The highest BCUT2D eigenvalue weighted by atomic mass is 32.2. The fourth-order valence-corrected chi connectivity index (χ4v) is 2.89. The van der Waals surface area contributed by atoms with E-state index < -0.39 is 0 Å². The quantitative estimate of drug-likeness (QED) is 0.676. The number of benzene rings is 1. The Morgan fingerprint density at radius 1 is 1.36 bits per heavy atom. The summed E-state index contributed by atoms with van der Waals surface area (Å²) in [4.78, 5) is 12.0. The fraction of sp³-hybridized carbons (Fsp3) is 0.250. The molecule has 0 aliphatic rings. The lowest BCUT2D eigenvalue weighted by Crippen LogP contribution is -2.14. The lowest BCUT2D eigenvalue weighted by molar-refractivity contribution is -0.113. The molecule has 3 rings (SSSR count). The lowest BCUT2D eigenvalue weighted by atomic mass is 10.2. The molecule has 0 fully saturated rings. The summed E-state index contributed by atoms with van der Waals surface area (Å²) >= 11 is 1.29. The van der Waals surface area contributed by atoms with Crippen molar-refractivity contribution in [1.82, 2.24) is 19.9 Å². The Morgan fingerprint density at radius 3 is 2.92 bits per heavy atom. The van der Waals surface area contributed by atoms with Crippen LogP contribution in [0.5, 0.6) is 5.75 Å². The molecular weight excluding hydrogens is 342 g/mol. The topological polar surface area (TPSA) is 95.1 Å². The van der Waals surface area contributed by atoms with Crippen LogP contribution < -0.4 is 10.1 Å². The Morgan fingerprint density at radius 2 is 2.20 bits per heavy atom. The third-order valence-corrected chi connectivity index (χ3v) is 4.41. The van der Waals surface area contributed by atoms with Crippen LogP contribution in [0, 0.1) is 6.92 Å². The normalized spacial score (nSPS) is 10.7. The van der Waals surface area contributed by atoms with E-state index in [-0.39, 0.29) is 11.7 Å². The minimum absolute atomic E-state index is 0.184. The summed E-state index contributed by atoms with van der Waals surface area (Å²) in [6.45, 7) is 1.79. The number of nitrogens with zero attached hydrogens (tertiary/aromatic N) is 4. The van der Waals surface area contributed by atoms with Gasteiger partial charge in [-0.2, -0.15) is 0 Å². The van der Waals surface area contributed by atoms with Crippen molar-refractivity contribution in [2.45, 2.75) is 12.1 Å². The molecule has 0 aliphatic carbocycles. The third-order valence-electron chi connectivity index (χ3n) is 3.39. The first kappa shape index (κ1) is 17.0. The van der Waals surface area contributed by atoms with E-state index in [9.17, 15) is 4.79 Å². The number of carbonyl (C=O) groups excluding carboxylic acids is 1. The molecule has 2 heterocycles. The van der Waals surface area contributed by atoms with E-state index in [0.29, 0.717) is 22.6 Å². The summed E-state index contributed by atoms with van der Waals surface area (Å²) in [5.74, 6) is 1.76. The first-order chi connectivity index (χ1) is 12.1. The number of hydrogen-bond donors (Lipinski definition) is 1. The number of methoxy groups -OCH3 is 1. The highest BCUT2D eigenvalue weighted by Crippen LogP contribution is 2.25. The van der Waals surface area contributed by atoms with Crippen molar-refractivity contribution in [3.8, 4) is 17.1 Å². The van der Waals surface area contributed by atoms with Crippen LogP contribution in [-0.4, -0.2) is 38.7 Å². The van der Waals surface area contributed by atoms with Gasteiger partial charge in [0.1, 0.15) is 5.75 Å². The molecule has 0 radical (unpaired) electrons. The molecule has 130 valence electrons. The second-order valence-electron chi connectivity index (χ2n) is 5.27. The molecule has 25 heavy (non-hydrogen) atoms. The predicted molar refractivity (Wildman–Crippen MR) is 93.6 cm³/mol. The van der Waals surface area contributed by atoms with Crippen LogP contribution in [0.25, 0.3) is 11.4 Å². The van der Waals surface area contributed by atoms with E-state index in [1.54, 1.807) is 20.1 Å². The smallest absolute Gasteiger partial charge is 0.237 e. The van der Waals surface area contributed by atoms with Gasteiger partial charge in [0.05, 0.1) is 18.6 Å². The van der Waals surface area contributed by atoms with Crippen LogP contribution in [0.15, 0.2) is 40.0 Å². The Bertz CT molecular complexity index is 890. The standard InChI is InChI=1S/C16H17N5O3S/c1-10-7-14(24-20-10)17-13(22)9-25-16-19-18-15(21(16)2)11-5-4-6-12(8-11)23-3/h4-8H,9H2,1-3H3,(H,17,22). The van der Waals surface area contributed by atoms with Crippen molar-refractivity contribution in [1.29, 1.82) is 0 Å². The summed E-state index contributed by atoms with van der Waals surface area (Å²) < 4.78 is 12.0. The van der Waals surface area contributed by atoms with Gasteiger partial charge in [0.2, 0.25) is 11.8 Å². The van der Waals surface area contributed by atoms with E-state index in [2.05, 4.69) is 20.7 Å². The zero-order chi connectivity index (χ0) is 17.8. The number of hydrogen-bond acceptors (Lipinski definition) is 7. The molecule has 1 amide bonds. The largest absolute Gasteiger partial charge is 0.497 e. The van der Waals surface area contributed by atoms with E-state index in [1.165, 1.54) is 11.8 Å². The van der Waals surface area contributed by atoms with Crippen molar-refractivity contribution >= 4 is 23.6 Å². The molecule has 0 saturated carbocycles. The number of rotatable bonds is 6. The van der Waals surface area contributed by atoms with Gasteiger partial charge in [-0.05, 0) is 19.1 Å². The zero-order valence-electron chi connectivity index (χ0n) is 14.0. The van der Waals surface area contributed by atoms with Gasteiger partial charge < -0.3 is 13.8 Å². The molecule has 8 nitrogen and oxygen atoms in total. The second kappa shape index (κ2) is 7.39. The van der Waals surface area contributed by atoms with Gasteiger partial charge in [0.25, 0.3) is 0 Å². The number of thioether (sulfide) groups is 1. The number of aryl methyl sites for hydroxylation is 1. The summed E-state index contributed by atoms with van der Waals surface area (Å²) in [7, 11) is 3.47. The highest BCUT2D eigenvalue weighted by Gasteiger charge is 2.14. The fourth-order valence-electron chi connectivity index (χ4n) is 2.18. The Balaban J connectivity index is 1.65. The molecule has 1 N–H and O–H groups in total. The number of amides is 1. The molecule has 3 aromatic rings. The third kappa shape index (κ3) is 4.00. The number of nitrogens with one attached hydrogen (secondary N) is 1. The molecule has 1 aromatic carbocycles. The lowest BCUT2D eigenvalue weighted by Gasteiger charge is -2.05. The average Bonchev–Trinajstić information content (AvgIpc) is 3.18. The SMILES string of the molecule is COc1cccc(-c2nnc(SCC(=O)Nc3cc(C)no3)n2C)c1. The molecule has 0 spiro atoms. The number of aromatic nitrogens is 4. The van der Waals surface area contributed by atoms with Crippen LogP contribution in [-0.2, 0) is 11.8 Å². The molecular formula is C16H17N5O3S. The minimum Gasteiger partial charge on any atom is -0.497 e. The first-order valence-electron chi connectivity index (χ1n) is 7.46. The number of carbonyl (C=O) groups is 1. The van der Waals surface area contributed by atoms with E-state index in [4.69, 9.17) is 9.26 Å². The summed E-state index contributed by atoms with van der Waals surface area (Å²) in [6.07, 6.45) is 0. The van der Waals surface area contributed by atoms with Crippen molar-refractivity contribution in [2.24, 2.45) is 7.05 Å². The maximum atomic E-state index is 12.0. The van der Waals surface area contributed by atoms with Gasteiger partial charge in [0.15, 0.2) is 11.0 Å². The van der Waals surface area contributed by atoms with Crippen molar-refractivity contribution in [3.63, 3.8) is 0 Å². The van der Waals surface area contributed by atoms with E-state index in [1.807, 2.05) is 35.9 Å². The van der Waals surface area contributed by atoms with Gasteiger partial charge in [-0.1, -0.05) is 29.1 Å². The number of anilines is 1. The monoisotopic (exact) mass is 359 g/mol. The van der Waals surface area contributed by atoms with Gasteiger partial charge in [-0.25, -0.2) is 0 Å². The molecule has 0 unspecified atom stereocenters. The van der Waals surface area contributed by atoms with Crippen LogP contribution in [0.4, 0.5) is 5.88 Å². The second-order valence-corrected chi connectivity index (χ2v) is 6.21. The first-order valence-corrected chi connectivity index (χ1v) is 8.45. The Kier molecular flexibility index (Phi) is 5.03. The summed E-state index contributed by atoms with van der Waals surface area (Å²) in [5, 5.41) is 15.4. The van der Waals surface area contributed by atoms with Crippen molar-refractivity contribution < 1.29 is 14.1 Å². The molecule has 0 saturated heterocycles. The zero-order valence-corrected chi connectivity index (χ0v) is 14.8.